The molecule has 3 rings (SSSR count). The Labute approximate surface area is 168 Å². The Hall–Kier alpha value is -3.48. The molecule has 0 aliphatic heterocycles. The van der Waals surface area contributed by atoms with E-state index in [0.29, 0.717) is 16.9 Å². The molecular formula is C22H23FN4O2. The average molecular weight is 394 g/mol. The zero-order valence-corrected chi connectivity index (χ0v) is 16.6. The Balaban J connectivity index is 1.94. The topological polar surface area (TPSA) is 76.0 Å². The summed E-state index contributed by atoms with van der Waals surface area (Å²) in [5.74, 6) is -1.03. The summed E-state index contributed by atoms with van der Waals surface area (Å²) in [5.41, 5.74) is 3.25. The van der Waals surface area contributed by atoms with Crippen LogP contribution in [-0.2, 0) is 4.79 Å². The average Bonchev–Trinajstić information content (AvgIpc) is 3.12. The molecule has 0 saturated carbocycles. The minimum Gasteiger partial charge on any atom is -0.352 e. The van der Waals surface area contributed by atoms with Gasteiger partial charge in [-0.25, -0.2) is 9.07 Å². The van der Waals surface area contributed by atoms with E-state index in [1.807, 2.05) is 45.0 Å². The number of halogens is 1. The second kappa shape index (κ2) is 8.68. The third-order valence-corrected chi connectivity index (χ3v) is 4.20. The molecule has 2 amide bonds. The number of aryl methyl sites for hydroxylation is 1. The van der Waals surface area contributed by atoms with Crippen LogP contribution < -0.4 is 10.6 Å². The van der Waals surface area contributed by atoms with Gasteiger partial charge in [0.05, 0.1) is 17.8 Å². The first-order valence-electron chi connectivity index (χ1n) is 9.33. The fraction of sp³-hybridized carbons (Fsp3) is 0.227. The van der Waals surface area contributed by atoms with E-state index in [2.05, 4.69) is 15.7 Å². The molecule has 0 fully saturated rings. The van der Waals surface area contributed by atoms with Crippen molar-refractivity contribution in [3.8, 4) is 16.9 Å². The lowest BCUT2D eigenvalue weighted by Gasteiger charge is -2.09. The van der Waals surface area contributed by atoms with E-state index in [4.69, 9.17) is 0 Å². The van der Waals surface area contributed by atoms with E-state index in [9.17, 15) is 14.0 Å². The van der Waals surface area contributed by atoms with Gasteiger partial charge in [0.1, 0.15) is 11.5 Å². The van der Waals surface area contributed by atoms with Crippen LogP contribution in [0.15, 0.2) is 54.7 Å². The first kappa shape index (κ1) is 20.3. The summed E-state index contributed by atoms with van der Waals surface area (Å²) in [5, 5.41) is 9.92. The van der Waals surface area contributed by atoms with Gasteiger partial charge in [-0.1, -0.05) is 23.8 Å². The first-order chi connectivity index (χ1) is 13.8. The summed E-state index contributed by atoms with van der Waals surface area (Å²) in [6.07, 6.45) is 1.58. The maximum Gasteiger partial charge on any atom is 0.255 e. The van der Waals surface area contributed by atoms with Crippen molar-refractivity contribution in [2.24, 2.45) is 0 Å². The maximum absolute atomic E-state index is 13.3. The van der Waals surface area contributed by atoms with Gasteiger partial charge < -0.3 is 10.6 Å². The van der Waals surface area contributed by atoms with Crippen molar-refractivity contribution < 1.29 is 14.0 Å². The summed E-state index contributed by atoms with van der Waals surface area (Å²) in [6.45, 7) is 5.52. The molecule has 0 atom stereocenters. The van der Waals surface area contributed by atoms with Gasteiger partial charge >= 0.3 is 0 Å². The van der Waals surface area contributed by atoms with Crippen molar-refractivity contribution in [2.75, 3.05) is 6.54 Å². The van der Waals surface area contributed by atoms with E-state index in [-0.39, 0.29) is 24.3 Å². The quantitative estimate of drug-likeness (QED) is 0.674. The summed E-state index contributed by atoms with van der Waals surface area (Å²) < 4.78 is 14.8. The van der Waals surface area contributed by atoms with Crippen LogP contribution in [0.3, 0.4) is 0 Å². The molecule has 2 aromatic carbocycles. The van der Waals surface area contributed by atoms with Gasteiger partial charge in [-0.05, 0) is 51.1 Å². The predicted octanol–water partition coefficient (Wildman–Crippen LogP) is 3.24. The lowest BCUT2D eigenvalue weighted by atomic mass is 10.1. The van der Waals surface area contributed by atoms with Gasteiger partial charge in [0, 0.05) is 17.8 Å². The first-order valence-corrected chi connectivity index (χ1v) is 9.33. The van der Waals surface area contributed by atoms with Crippen LogP contribution in [0, 0.1) is 12.7 Å². The number of hydrogen-bond donors (Lipinski definition) is 2. The molecule has 2 N–H and O–H groups in total. The number of hydrogen-bond acceptors (Lipinski definition) is 3. The Morgan fingerprint density at radius 1 is 1.14 bits per heavy atom. The maximum atomic E-state index is 13.3. The molecular weight excluding hydrogens is 371 g/mol. The highest BCUT2D eigenvalue weighted by Crippen LogP contribution is 2.24. The summed E-state index contributed by atoms with van der Waals surface area (Å²) in [6, 6.07) is 13.5. The fourth-order valence-corrected chi connectivity index (χ4v) is 2.90. The van der Waals surface area contributed by atoms with Crippen molar-refractivity contribution in [1.29, 1.82) is 0 Å². The Bertz CT molecular complexity index is 1030. The van der Waals surface area contributed by atoms with Gasteiger partial charge in [0.2, 0.25) is 5.91 Å². The molecule has 0 unspecified atom stereocenters. The highest BCUT2D eigenvalue weighted by Gasteiger charge is 2.19. The van der Waals surface area contributed by atoms with E-state index in [0.717, 1.165) is 11.1 Å². The minimum absolute atomic E-state index is 0.0107. The number of carbonyl (C=O) groups excluding carboxylic acids is 2. The number of nitrogens with one attached hydrogen (secondary N) is 2. The standard InChI is InChI=1S/C22H23FN4O2/c1-14(2)25-20(28)12-24-22(29)19-13-27(18-9-7-17(23)8-10-18)26-21(19)16-6-4-5-15(3)11-16/h4-11,13-14H,12H2,1-3H3,(H,24,29)(H,25,28). The number of benzene rings is 2. The fourth-order valence-electron chi connectivity index (χ4n) is 2.90. The van der Waals surface area contributed by atoms with Crippen LogP contribution in [0.4, 0.5) is 4.39 Å². The number of rotatable bonds is 6. The predicted molar refractivity (Wildman–Crippen MR) is 109 cm³/mol. The van der Waals surface area contributed by atoms with Crippen molar-refractivity contribution in [3.05, 3.63) is 71.7 Å². The van der Waals surface area contributed by atoms with E-state index >= 15 is 0 Å². The number of aromatic nitrogens is 2. The molecule has 1 heterocycles. The van der Waals surface area contributed by atoms with Crippen molar-refractivity contribution in [2.45, 2.75) is 26.8 Å². The van der Waals surface area contributed by atoms with Gasteiger partial charge in [0.15, 0.2) is 0 Å². The highest BCUT2D eigenvalue weighted by atomic mass is 19.1. The minimum atomic E-state index is -0.409. The molecule has 3 aromatic rings. The molecule has 0 aliphatic carbocycles. The van der Waals surface area contributed by atoms with Crippen LogP contribution >= 0.6 is 0 Å². The van der Waals surface area contributed by atoms with Crippen molar-refractivity contribution in [1.82, 2.24) is 20.4 Å². The van der Waals surface area contributed by atoms with E-state index in [1.54, 1.807) is 18.3 Å². The molecule has 1 aromatic heterocycles. The molecule has 0 bridgehead atoms. The van der Waals surface area contributed by atoms with Crippen LogP contribution in [0.1, 0.15) is 29.8 Å². The number of amides is 2. The summed E-state index contributed by atoms with van der Waals surface area (Å²) >= 11 is 0. The molecule has 0 aliphatic rings. The Morgan fingerprint density at radius 2 is 1.86 bits per heavy atom. The monoisotopic (exact) mass is 394 g/mol. The van der Waals surface area contributed by atoms with Gasteiger partial charge in [-0.2, -0.15) is 5.10 Å². The smallest absolute Gasteiger partial charge is 0.255 e. The Kier molecular flexibility index (Phi) is 6.07. The molecule has 150 valence electrons. The van der Waals surface area contributed by atoms with Gasteiger partial charge in [0.25, 0.3) is 5.91 Å². The third kappa shape index (κ3) is 5.07. The van der Waals surface area contributed by atoms with E-state index < -0.39 is 5.91 Å². The normalized spacial score (nSPS) is 10.8. The number of carbonyl (C=O) groups is 2. The van der Waals surface area contributed by atoms with Crippen LogP contribution in [0.25, 0.3) is 16.9 Å². The highest BCUT2D eigenvalue weighted by molar-refractivity contribution is 6.01. The number of nitrogens with zero attached hydrogens (tertiary/aromatic N) is 2. The largest absolute Gasteiger partial charge is 0.352 e. The second-order valence-electron chi connectivity index (χ2n) is 7.09. The van der Waals surface area contributed by atoms with Crippen molar-refractivity contribution >= 4 is 11.8 Å². The van der Waals surface area contributed by atoms with Crippen LogP contribution in [0.5, 0.6) is 0 Å². The second-order valence-corrected chi connectivity index (χ2v) is 7.09. The molecule has 29 heavy (non-hydrogen) atoms. The summed E-state index contributed by atoms with van der Waals surface area (Å²) in [7, 11) is 0. The summed E-state index contributed by atoms with van der Waals surface area (Å²) in [4.78, 5) is 24.7. The molecule has 6 nitrogen and oxygen atoms in total. The zero-order valence-electron chi connectivity index (χ0n) is 16.6. The van der Waals surface area contributed by atoms with Gasteiger partial charge in [-0.15, -0.1) is 0 Å². The third-order valence-electron chi connectivity index (χ3n) is 4.20. The van der Waals surface area contributed by atoms with Gasteiger partial charge in [-0.3, -0.25) is 9.59 Å². The molecule has 0 saturated heterocycles. The lowest BCUT2D eigenvalue weighted by Crippen LogP contribution is -2.39. The van der Waals surface area contributed by atoms with Crippen LogP contribution in [-0.4, -0.2) is 34.2 Å². The Morgan fingerprint density at radius 3 is 2.52 bits per heavy atom. The molecule has 0 radical (unpaired) electrons. The lowest BCUT2D eigenvalue weighted by molar-refractivity contribution is -0.120. The SMILES string of the molecule is Cc1cccc(-c2nn(-c3ccc(F)cc3)cc2C(=O)NCC(=O)NC(C)C)c1. The molecule has 7 heteroatoms. The van der Waals surface area contributed by atoms with Crippen molar-refractivity contribution in [3.63, 3.8) is 0 Å². The van der Waals surface area contributed by atoms with Crippen LogP contribution in [0.2, 0.25) is 0 Å². The van der Waals surface area contributed by atoms with E-state index in [1.165, 1.54) is 16.8 Å². The zero-order chi connectivity index (χ0) is 21.0. The molecule has 0 spiro atoms.